The maximum Gasteiger partial charge on any atom is 0.0178 e. The number of hydrogen-bond donors (Lipinski definition) is 0. The van der Waals surface area contributed by atoms with Gasteiger partial charge < -0.3 is 0 Å². The van der Waals surface area contributed by atoms with E-state index >= 15 is 0 Å². The Labute approximate surface area is 133 Å². The van der Waals surface area contributed by atoms with Gasteiger partial charge in [0.1, 0.15) is 0 Å². The predicted octanol–water partition coefficient (Wildman–Crippen LogP) is 5.98. The van der Waals surface area contributed by atoms with Crippen LogP contribution in [-0.2, 0) is 6.42 Å². The molecule has 0 saturated carbocycles. The summed E-state index contributed by atoms with van der Waals surface area (Å²) in [6.07, 6.45) is 1.05. The van der Waals surface area contributed by atoms with Gasteiger partial charge in [-0.25, -0.2) is 0 Å². The third-order valence-electron chi connectivity index (χ3n) is 4.28. The molecular formula is C20H15Br. The molecule has 4 rings (SSSR count). The highest BCUT2D eigenvalue weighted by atomic mass is 79.9. The molecule has 102 valence electrons. The fourth-order valence-corrected chi connectivity index (χ4v) is 3.78. The first-order chi connectivity index (χ1) is 10.2. The molecule has 0 heterocycles. The second-order valence-corrected chi connectivity index (χ2v) is 6.58. The zero-order valence-electron chi connectivity index (χ0n) is 11.9. The number of benzene rings is 3. The van der Waals surface area contributed by atoms with Gasteiger partial charge in [0.25, 0.3) is 0 Å². The van der Waals surface area contributed by atoms with E-state index in [0.29, 0.717) is 0 Å². The Morgan fingerprint density at radius 2 is 1.67 bits per heavy atom. The Hall–Kier alpha value is -1.86. The number of fused-ring (bicyclic) bond motifs is 2. The van der Waals surface area contributed by atoms with Crippen LogP contribution in [0.25, 0.3) is 16.3 Å². The van der Waals surface area contributed by atoms with Crippen molar-refractivity contribution in [2.24, 2.45) is 0 Å². The quantitative estimate of drug-likeness (QED) is 0.513. The summed E-state index contributed by atoms with van der Waals surface area (Å²) in [7, 11) is 0. The van der Waals surface area contributed by atoms with Gasteiger partial charge in [-0.2, -0.15) is 0 Å². The Balaban J connectivity index is 2.00. The number of halogens is 1. The molecule has 0 N–H and O–H groups in total. The molecule has 0 atom stereocenters. The molecule has 0 aliphatic heterocycles. The van der Waals surface area contributed by atoms with Crippen molar-refractivity contribution in [2.75, 3.05) is 0 Å². The van der Waals surface area contributed by atoms with Gasteiger partial charge in [-0.05, 0) is 58.5 Å². The molecule has 0 fully saturated rings. The van der Waals surface area contributed by atoms with E-state index in [-0.39, 0.29) is 0 Å². The maximum absolute atomic E-state index is 3.58. The van der Waals surface area contributed by atoms with Crippen LogP contribution in [0.15, 0.2) is 70.7 Å². The minimum Gasteiger partial charge on any atom is -0.0616 e. The Morgan fingerprint density at radius 3 is 2.57 bits per heavy atom. The van der Waals surface area contributed by atoms with Gasteiger partial charge >= 0.3 is 0 Å². The Bertz CT molecular complexity index is 882. The molecule has 0 bridgehead atoms. The summed E-state index contributed by atoms with van der Waals surface area (Å²) >= 11 is 3.58. The number of hydrogen-bond acceptors (Lipinski definition) is 0. The summed E-state index contributed by atoms with van der Waals surface area (Å²) < 4.78 is 1.16. The molecule has 0 nitrogen and oxygen atoms in total. The predicted molar refractivity (Wildman–Crippen MR) is 93.5 cm³/mol. The molecule has 1 aliphatic carbocycles. The summed E-state index contributed by atoms with van der Waals surface area (Å²) in [5, 5.41) is 2.64. The third kappa shape index (κ3) is 2.04. The molecule has 0 radical (unpaired) electrons. The highest BCUT2D eigenvalue weighted by Crippen LogP contribution is 2.40. The molecule has 3 aromatic rings. The minimum absolute atomic E-state index is 1.05. The fourth-order valence-electron chi connectivity index (χ4n) is 3.37. The summed E-state index contributed by atoms with van der Waals surface area (Å²) in [6.45, 7) is 2.25. The van der Waals surface area contributed by atoms with Crippen LogP contribution in [0.4, 0.5) is 0 Å². The van der Waals surface area contributed by atoms with E-state index in [9.17, 15) is 0 Å². The lowest BCUT2D eigenvalue weighted by Crippen LogP contribution is -1.89. The van der Waals surface area contributed by atoms with Crippen LogP contribution >= 0.6 is 15.9 Å². The lowest BCUT2D eigenvalue weighted by atomic mass is 9.93. The first-order valence-electron chi connectivity index (χ1n) is 7.21. The number of rotatable bonds is 1. The van der Waals surface area contributed by atoms with Crippen molar-refractivity contribution in [3.05, 3.63) is 87.4 Å². The topological polar surface area (TPSA) is 0 Å². The van der Waals surface area contributed by atoms with Crippen molar-refractivity contribution in [1.82, 2.24) is 0 Å². The van der Waals surface area contributed by atoms with Crippen LogP contribution < -0.4 is 0 Å². The van der Waals surface area contributed by atoms with Gasteiger partial charge in [-0.1, -0.05) is 70.0 Å². The Kier molecular flexibility index (Phi) is 2.97. The monoisotopic (exact) mass is 334 g/mol. The zero-order chi connectivity index (χ0) is 14.4. The maximum atomic E-state index is 3.58. The van der Waals surface area contributed by atoms with Gasteiger partial charge in [0.2, 0.25) is 0 Å². The van der Waals surface area contributed by atoms with E-state index in [0.717, 1.165) is 10.9 Å². The molecule has 0 saturated heterocycles. The van der Waals surface area contributed by atoms with E-state index in [2.05, 4.69) is 83.5 Å². The molecule has 1 heteroatoms. The van der Waals surface area contributed by atoms with Crippen molar-refractivity contribution in [1.29, 1.82) is 0 Å². The standard InChI is InChI=1S/C20H15Br/c1-13-11-15-12-16(21)9-10-18(15)20(13)19-8-4-6-14-5-2-3-7-17(14)19/h2-10,12H,11H2,1H3. The molecular weight excluding hydrogens is 320 g/mol. The molecule has 0 amide bonds. The van der Waals surface area contributed by atoms with E-state index in [1.54, 1.807) is 0 Å². The lowest BCUT2D eigenvalue weighted by Gasteiger charge is -2.11. The van der Waals surface area contributed by atoms with Crippen molar-refractivity contribution >= 4 is 32.3 Å². The smallest absolute Gasteiger partial charge is 0.0178 e. The summed E-state index contributed by atoms with van der Waals surface area (Å²) in [5.74, 6) is 0. The van der Waals surface area contributed by atoms with Gasteiger partial charge in [0.05, 0.1) is 0 Å². The third-order valence-corrected chi connectivity index (χ3v) is 4.77. The molecule has 0 unspecified atom stereocenters. The average Bonchev–Trinajstić information content (AvgIpc) is 2.81. The molecule has 21 heavy (non-hydrogen) atoms. The normalized spacial score (nSPS) is 13.8. The summed E-state index contributed by atoms with van der Waals surface area (Å²) in [5.41, 5.74) is 7.03. The molecule has 3 aromatic carbocycles. The first kappa shape index (κ1) is 12.8. The van der Waals surface area contributed by atoms with Crippen molar-refractivity contribution < 1.29 is 0 Å². The van der Waals surface area contributed by atoms with E-state index in [1.165, 1.54) is 38.6 Å². The highest BCUT2D eigenvalue weighted by Gasteiger charge is 2.21. The van der Waals surface area contributed by atoms with Crippen LogP contribution in [-0.4, -0.2) is 0 Å². The second-order valence-electron chi connectivity index (χ2n) is 5.66. The second kappa shape index (κ2) is 4.85. The average molecular weight is 335 g/mol. The Morgan fingerprint density at radius 1 is 0.857 bits per heavy atom. The summed E-state index contributed by atoms with van der Waals surface area (Å²) in [6, 6.07) is 21.9. The van der Waals surface area contributed by atoms with Crippen LogP contribution in [0.5, 0.6) is 0 Å². The minimum atomic E-state index is 1.05. The highest BCUT2D eigenvalue weighted by molar-refractivity contribution is 9.10. The largest absolute Gasteiger partial charge is 0.0616 e. The van der Waals surface area contributed by atoms with Gasteiger partial charge in [0, 0.05) is 4.47 Å². The SMILES string of the molecule is CC1=C(c2cccc3ccccc23)c2ccc(Br)cc2C1. The first-order valence-corrected chi connectivity index (χ1v) is 8.00. The van der Waals surface area contributed by atoms with E-state index in [4.69, 9.17) is 0 Å². The van der Waals surface area contributed by atoms with E-state index < -0.39 is 0 Å². The zero-order valence-corrected chi connectivity index (χ0v) is 13.4. The molecule has 0 spiro atoms. The molecule has 0 aromatic heterocycles. The van der Waals surface area contributed by atoms with Crippen LogP contribution in [0.3, 0.4) is 0 Å². The number of allylic oxidation sites excluding steroid dienone is 1. The van der Waals surface area contributed by atoms with Gasteiger partial charge in [0.15, 0.2) is 0 Å². The van der Waals surface area contributed by atoms with Gasteiger partial charge in [-0.15, -0.1) is 0 Å². The van der Waals surface area contributed by atoms with Crippen molar-refractivity contribution in [2.45, 2.75) is 13.3 Å². The van der Waals surface area contributed by atoms with E-state index in [1.807, 2.05) is 0 Å². The van der Waals surface area contributed by atoms with Crippen LogP contribution in [0, 0.1) is 0 Å². The summed E-state index contributed by atoms with van der Waals surface area (Å²) in [4.78, 5) is 0. The van der Waals surface area contributed by atoms with Gasteiger partial charge in [-0.3, -0.25) is 0 Å². The van der Waals surface area contributed by atoms with Crippen molar-refractivity contribution in [3.63, 3.8) is 0 Å². The fraction of sp³-hybridized carbons (Fsp3) is 0.100. The van der Waals surface area contributed by atoms with Crippen LogP contribution in [0.1, 0.15) is 23.6 Å². The van der Waals surface area contributed by atoms with Crippen molar-refractivity contribution in [3.8, 4) is 0 Å². The van der Waals surface area contributed by atoms with Crippen LogP contribution in [0.2, 0.25) is 0 Å². The molecule has 1 aliphatic rings. The lowest BCUT2D eigenvalue weighted by molar-refractivity contribution is 1.19.